The topological polar surface area (TPSA) is 98.5 Å². The van der Waals surface area contributed by atoms with Crippen LogP contribution in [0.1, 0.15) is 16.7 Å². The van der Waals surface area contributed by atoms with Crippen molar-refractivity contribution < 1.29 is 17.9 Å². The minimum absolute atomic E-state index is 0.0379. The van der Waals surface area contributed by atoms with Crippen molar-refractivity contribution in [3.63, 3.8) is 0 Å². The van der Waals surface area contributed by atoms with E-state index in [1.165, 1.54) is 12.1 Å². The van der Waals surface area contributed by atoms with E-state index in [2.05, 4.69) is 5.32 Å². The third-order valence-electron chi connectivity index (χ3n) is 3.50. The minimum Gasteiger partial charge on any atom is -0.483 e. The molecule has 2 rings (SSSR count). The van der Waals surface area contributed by atoms with Gasteiger partial charge in [-0.05, 0) is 42.7 Å². The standard InChI is InChI=1S/C17H20N2O4S/c1-12-4-3-5-13(2)17(12)23-11-16(20)19-10-14-6-8-15(9-7-14)24(18,21)22/h3-9H,10-11H2,1-2H3,(H,19,20)(H2,18,21,22). The first kappa shape index (κ1) is 18.0. The van der Waals surface area contributed by atoms with Crippen LogP contribution in [0.25, 0.3) is 0 Å². The summed E-state index contributed by atoms with van der Waals surface area (Å²) >= 11 is 0. The van der Waals surface area contributed by atoms with Crippen molar-refractivity contribution in [2.45, 2.75) is 25.3 Å². The predicted molar refractivity (Wildman–Crippen MR) is 91.1 cm³/mol. The Hall–Kier alpha value is -2.38. The Balaban J connectivity index is 1.87. The molecule has 0 aliphatic carbocycles. The molecule has 0 atom stereocenters. The van der Waals surface area contributed by atoms with Crippen molar-refractivity contribution in [3.05, 3.63) is 59.2 Å². The number of hydrogen-bond donors (Lipinski definition) is 2. The average Bonchev–Trinajstić information content (AvgIpc) is 2.52. The lowest BCUT2D eigenvalue weighted by molar-refractivity contribution is -0.123. The van der Waals surface area contributed by atoms with Crippen LogP contribution in [-0.4, -0.2) is 20.9 Å². The second-order valence-electron chi connectivity index (χ2n) is 5.48. The third kappa shape index (κ3) is 4.81. The third-order valence-corrected chi connectivity index (χ3v) is 4.43. The number of amides is 1. The van der Waals surface area contributed by atoms with Crippen LogP contribution in [0.2, 0.25) is 0 Å². The maximum Gasteiger partial charge on any atom is 0.258 e. The summed E-state index contributed by atoms with van der Waals surface area (Å²) in [7, 11) is -3.71. The number of rotatable bonds is 6. The molecule has 0 fully saturated rings. The molecule has 24 heavy (non-hydrogen) atoms. The fourth-order valence-electron chi connectivity index (χ4n) is 2.21. The van der Waals surface area contributed by atoms with E-state index in [1.807, 2.05) is 32.0 Å². The Bertz CT molecular complexity index is 810. The van der Waals surface area contributed by atoms with Crippen LogP contribution < -0.4 is 15.2 Å². The normalized spacial score (nSPS) is 11.1. The molecule has 7 heteroatoms. The quantitative estimate of drug-likeness (QED) is 0.829. The fraction of sp³-hybridized carbons (Fsp3) is 0.235. The number of ether oxygens (including phenoxy) is 1. The second kappa shape index (κ2) is 7.46. The highest BCUT2D eigenvalue weighted by atomic mass is 32.2. The molecular weight excluding hydrogens is 328 g/mol. The Morgan fingerprint density at radius 3 is 2.21 bits per heavy atom. The summed E-state index contributed by atoms with van der Waals surface area (Å²) < 4.78 is 27.9. The van der Waals surface area contributed by atoms with E-state index in [0.717, 1.165) is 16.7 Å². The van der Waals surface area contributed by atoms with E-state index in [1.54, 1.807) is 12.1 Å². The van der Waals surface area contributed by atoms with Gasteiger partial charge in [-0.25, -0.2) is 13.6 Å². The number of para-hydroxylation sites is 1. The lowest BCUT2D eigenvalue weighted by Gasteiger charge is -2.12. The Morgan fingerprint density at radius 2 is 1.67 bits per heavy atom. The van der Waals surface area contributed by atoms with E-state index in [0.29, 0.717) is 5.75 Å². The highest BCUT2D eigenvalue weighted by Crippen LogP contribution is 2.22. The molecule has 0 aliphatic rings. The number of nitrogens with one attached hydrogen (secondary N) is 1. The van der Waals surface area contributed by atoms with Crippen molar-refractivity contribution >= 4 is 15.9 Å². The van der Waals surface area contributed by atoms with Gasteiger partial charge in [-0.2, -0.15) is 0 Å². The molecule has 0 unspecified atom stereocenters. The Morgan fingerprint density at radius 1 is 1.08 bits per heavy atom. The van der Waals surface area contributed by atoms with Gasteiger partial charge in [0.1, 0.15) is 5.75 Å². The first-order valence-corrected chi connectivity index (χ1v) is 8.89. The molecular formula is C17H20N2O4S. The lowest BCUT2D eigenvalue weighted by Crippen LogP contribution is -2.28. The van der Waals surface area contributed by atoms with Crippen LogP contribution in [0.5, 0.6) is 5.75 Å². The van der Waals surface area contributed by atoms with Crippen molar-refractivity contribution in [1.82, 2.24) is 5.32 Å². The van der Waals surface area contributed by atoms with Crippen LogP contribution in [0.3, 0.4) is 0 Å². The Kier molecular flexibility index (Phi) is 5.58. The molecule has 0 heterocycles. The maximum atomic E-state index is 11.9. The zero-order valence-corrected chi connectivity index (χ0v) is 14.4. The van der Waals surface area contributed by atoms with Crippen LogP contribution in [0.15, 0.2) is 47.4 Å². The van der Waals surface area contributed by atoms with Gasteiger partial charge >= 0.3 is 0 Å². The number of hydrogen-bond acceptors (Lipinski definition) is 4. The fourth-order valence-corrected chi connectivity index (χ4v) is 2.73. The SMILES string of the molecule is Cc1cccc(C)c1OCC(=O)NCc1ccc(S(N)(=O)=O)cc1. The lowest BCUT2D eigenvalue weighted by atomic mass is 10.1. The molecule has 128 valence electrons. The second-order valence-corrected chi connectivity index (χ2v) is 7.04. The zero-order chi connectivity index (χ0) is 17.7. The molecule has 1 amide bonds. The maximum absolute atomic E-state index is 11.9. The van der Waals surface area contributed by atoms with Crippen LogP contribution in [0, 0.1) is 13.8 Å². The first-order chi connectivity index (χ1) is 11.3. The molecule has 3 N–H and O–H groups in total. The molecule has 0 saturated heterocycles. The number of primary sulfonamides is 1. The molecule has 0 aromatic heterocycles. The molecule has 2 aromatic rings. The van der Waals surface area contributed by atoms with Crippen LogP contribution >= 0.6 is 0 Å². The van der Waals surface area contributed by atoms with Gasteiger partial charge in [-0.3, -0.25) is 4.79 Å². The summed E-state index contributed by atoms with van der Waals surface area (Å²) in [6, 6.07) is 11.8. The van der Waals surface area contributed by atoms with Gasteiger partial charge in [-0.15, -0.1) is 0 Å². The van der Waals surface area contributed by atoms with E-state index < -0.39 is 10.0 Å². The highest BCUT2D eigenvalue weighted by Gasteiger charge is 2.09. The zero-order valence-electron chi connectivity index (χ0n) is 13.6. The number of sulfonamides is 1. The van der Waals surface area contributed by atoms with Crippen LogP contribution in [-0.2, 0) is 21.4 Å². The predicted octanol–water partition coefficient (Wildman–Crippen LogP) is 1.65. The molecule has 0 radical (unpaired) electrons. The number of benzene rings is 2. The number of nitrogens with two attached hydrogens (primary N) is 1. The monoisotopic (exact) mass is 348 g/mol. The summed E-state index contributed by atoms with van der Waals surface area (Å²) in [5.74, 6) is 0.457. The summed E-state index contributed by atoms with van der Waals surface area (Å²) in [5.41, 5.74) is 2.71. The summed E-state index contributed by atoms with van der Waals surface area (Å²) in [4.78, 5) is 11.9. The first-order valence-electron chi connectivity index (χ1n) is 7.35. The average molecular weight is 348 g/mol. The van der Waals surface area contributed by atoms with Gasteiger partial charge in [0.05, 0.1) is 4.90 Å². The van der Waals surface area contributed by atoms with Crippen molar-refractivity contribution in [2.75, 3.05) is 6.61 Å². The molecule has 0 bridgehead atoms. The van der Waals surface area contributed by atoms with Gasteiger partial charge < -0.3 is 10.1 Å². The highest BCUT2D eigenvalue weighted by molar-refractivity contribution is 7.89. The molecule has 0 saturated carbocycles. The van der Waals surface area contributed by atoms with E-state index in [-0.39, 0.29) is 24.0 Å². The van der Waals surface area contributed by atoms with E-state index >= 15 is 0 Å². The number of aryl methyl sites for hydroxylation is 2. The van der Waals surface area contributed by atoms with Crippen molar-refractivity contribution in [2.24, 2.45) is 5.14 Å². The van der Waals surface area contributed by atoms with Gasteiger partial charge in [0, 0.05) is 6.54 Å². The smallest absolute Gasteiger partial charge is 0.258 e. The minimum atomic E-state index is -3.71. The summed E-state index contributed by atoms with van der Waals surface area (Å²) in [5, 5.41) is 7.76. The largest absolute Gasteiger partial charge is 0.483 e. The molecule has 0 spiro atoms. The van der Waals surface area contributed by atoms with Gasteiger partial charge in [0.2, 0.25) is 10.0 Å². The van der Waals surface area contributed by atoms with E-state index in [4.69, 9.17) is 9.88 Å². The summed E-state index contributed by atoms with van der Waals surface area (Å²) in [6.45, 7) is 4.04. The Labute approximate surface area is 141 Å². The van der Waals surface area contributed by atoms with E-state index in [9.17, 15) is 13.2 Å². The molecule has 6 nitrogen and oxygen atoms in total. The number of carbonyl (C=O) groups is 1. The van der Waals surface area contributed by atoms with Gasteiger partial charge in [-0.1, -0.05) is 30.3 Å². The number of carbonyl (C=O) groups excluding carboxylic acids is 1. The van der Waals surface area contributed by atoms with Gasteiger partial charge in [0.25, 0.3) is 5.91 Å². The van der Waals surface area contributed by atoms with Crippen molar-refractivity contribution in [1.29, 1.82) is 0 Å². The van der Waals surface area contributed by atoms with Crippen LogP contribution in [0.4, 0.5) is 0 Å². The van der Waals surface area contributed by atoms with Gasteiger partial charge in [0.15, 0.2) is 6.61 Å². The molecule has 0 aliphatic heterocycles. The molecule has 2 aromatic carbocycles. The summed E-state index contributed by atoms with van der Waals surface area (Å²) in [6.07, 6.45) is 0. The van der Waals surface area contributed by atoms with Crippen molar-refractivity contribution in [3.8, 4) is 5.75 Å².